The van der Waals surface area contributed by atoms with Gasteiger partial charge in [0.15, 0.2) is 0 Å². The summed E-state index contributed by atoms with van der Waals surface area (Å²) < 4.78 is 8.50. The highest BCUT2D eigenvalue weighted by molar-refractivity contribution is 6.31. The van der Waals surface area contributed by atoms with Gasteiger partial charge in [-0.15, -0.1) is 0 Å². The van der Waals surface area contributed by atoms with Gasteiger partial charge in [0.1, 0.15) is 24.2 Å². The topological polar surface area (TPSA) is 52.0 Å². The van der Waals surface area contributed by atoms with Crippen LogP contribution in [0.25, 0.3) is 5.70 Å². The highest BCUT2D eigenvalue weighted by atomic mass is 35.5. The number of halogens is 2. The lowest BCUT2D eigenvalue weighted by Crippen LogP contribution is -2.32. The highest BCUT2D eigenvalue weighted by Crippen LogP contribution is 2.51. The summed E-state index contributed by atoms with van der Waals surface area (Å²) in [4.78, 5) is 4.46. The maximum Gasteiger partial charge on any atom is 0.226 e. The van der Waals surface area contributed by atoms with E-state index in [9.17, 15) is 0 Å². The largest absolute Gasteiger partial charge is 0.480 e. The van der Waals surface area contributed by atoms with Crippen LogP contribution in [0.2, 0.25) is 10.0 Å². The van der Waals surface area contributed by atoms with Crippen LogP contribution >= 0.6 is 23.2 Å². The molecule has 0 saturated carbocycles. The van der Waals surface area contributed by atoms with Gasteiger partial charge in [0.2, 0.25) is 5.95 Å². The molecule has 0 saturated heterocycles. The first kappa shape index (κ1) is 19.4. The number of benzene rings is 3. The maximum absolute atomic E-state index is 6.59. The second-order valence-electron chi connectivity index (χ2n) is 7.99. The Balaban J connectivity index is 1.63. The van der Waals surface area contributed by atoms with Crippen LogP contribution in [0.4, 0.5) is 5.95 Å². The molecule has 1 aromatic heterocycles. The third-order valence-electron chi connectivity index (χ3n) is 5.94. The zero-order valence-electron chi connectivity index (χ0n) is 17.1. The first-order valence-corrected chi connectivity index (χ1v) is 11.0. The van der Waals surface area contributed by atoms with Crippen molar-refractivity contribution in [3.8, 4) is 5.75 Å². The average Bonchev–Trinajstić information content (AvgIpc) is 3.27. The number of aromatic nitrogens is 3. The Morgan fingerprint density at radius 1 is 0.906 bits per heavy atom. The van der Waals surface area contributed by atoms with Crippen molar-refractivity contribution < 1.29 is 4.74 Å². The van der Waals surface area contributed by atoms with Gasteiger partial charge in [-0.05, 0) is 48.4 Å². The number of hydrogen-bond donors (Lipinski definition) is 1. The molecule has 32 heavy (non-hydrogen) atoms. The number of fused-ring (bicyclic) bond motifs is 3. The Hall–Kier alpha value is -3.28. The van der Waals surface area contributed by atoms with E-state index in [1.165, 1.54) is 5.56 Å². The van der Waals surface area contributed by atoms with Gasteiger partial charge >= 0.3 is 0 Å². The Bertz CT molecular complexity index is 1360. The molecule has 0 bridgehead atoms. The molecule has 0 unspecified atom stereocenters. The van der Waals surface area contributed by atoms with Crippen molar-refractivity contribution in [2.45, 2.75) is 19.1 Å². The molecule has 0 fully saturated rings. The van der Waals surface area contributed by atoms with Crippen molar-refractivity contribution in [3.63, 3.8) is 0 Å². The Labute approximate surface area is 195 Å². The van der Waals surface area contributed by atoms with Crippen LogP contribution in [0.5, 0.6) is 5.75 Å². The molecule has 0 spiro atoms. The molecule has 158 valence electrons. The van der Waals surface area contributed by atoms with Gasteiger partial charge < -0.3 is 10.1 Å². The normalized spacial score (nSPS) is 18.8. The minimum Gasteiger partial charge on any atom is -0.480 e. The third-order valence-corrected chi connectivity index (χ3v) is 6.43. The number of aryl methyl sites for hydroxylation is 1. The van der Waals surface area contributed by atoms with E-state index in [-0.39, 0.29) is 12.1 Å². The van der Waals surface area contributed by atoms with Crippen LogP contribution in [-0.2, 0) is 0 Å². The first-order valence-electron chi connectivity index (χ1n) is 10.3. The van der Waals surface area contributed by atoms with E-state index in [2.05, 4.69) is 46.6 Å². The summed E-state index contributed by atoms with van der Waals surface area (Å²) in [7, 11) is 0. The molecule has 0 amide bonds. The summed E-state index contributed by atoms with van der Waals surface area (Å²) in [5.74, 6) is 1.44. The summed E-state index contributed by atoms with van der Waals surface area (Å²) in [6, 6.07) is 21.7. The van der Waals surface area contributed by atoms with Gasteiger partial charge in [-0.2, -0.15) is 10.1 Å². The van der Waals surface area contributed by atoms with Gasteiger partial charge in [-0.1, -0.05) is 65.2 Å². The Kier molecular flexibility index (Phi) is 4.49. The average molecular weight is 461 g/mol. The summed E-state index contributed by atoms with van der Waals surface area (Å²) >= 11 is 12.6. The monoisotopic (exact) mass is 460 g/mol. The lowest BCUT2D eigenvalue weighted by Gasteiger charge is -2.39. The number of ether oxygens (including phenoxy) is 1. The molecule has 2 aliphatic heterocycles. The molecular weight excluding hydrogens is 443 g/mol. The van der Waals surface area contributed by atoms with Gasteiger partial charge in [0.25, 0.3) is 0 Å². The van der Waals surface area contributed by atoms with Crippen LogP contribution in [0.1, 0.15) is 34.4 Å². The second-order valence-corrected chi connectivity index (χ2v) is 8.86. The number of hydrogen-bond acceptors (Lipinski definition) is 4. The zero-order valence-corrected chi connectivity index (χ0v) is 18.6. The SMILES string of the molecule is Cc1ccc([C@@H]2C3=C(Nc4ncnn42)c2cc(Cl)ccc2O[C@@H]3c2ccc(Cl)cc2)cc1. The molecule has 6 rings (SSSR count). The molecular formula is C25H18Cl2N4O. The quantitative estimate of drug-likeness (QED) is 0.373. The van der Waals surface area contributed by atoms with Crippen molar-refractivity contribution in [2.75, 3.05) is 5.32 Å². The van der Waals surface area contributed by atoms with Gasteiger partial charge in [0.05, 0.1) is 5.70 Å². The second kappa shape index (κ2) is 7.40. The van der Waals surface area contributed by atoms with E-state index in [1.807, 2.05) is 47.1 Å². The number of nitrogens with zero attached hydrogens (tertiary/aromatic N) is 3. The van der Waals surface area contributed by atoms with Gasteiger partial charge in [-0.25, -0.2) is 4.68 Å². The van der Waals surface area contributed by atoms with Gasteiger partial charge in [0, 0.05) is 21.2 Å². The number of nitrogens with one attached hydrogen (secondary N) is 1. The molecule has 0 aliphatic carbocycles. The molecule has 2 atom stereocenters. The Morgan fingerprint density at radius 2 is 1.62 bits per heavy atom. The smallest absolute Gasteiger partial charge is 0.226 e. The molecule has 3 heterocycles. The Morgan fingerprint density at radius 3 is 2.41 bits per heavy atom. The summed E-state index contributed by atoms with van der Waals surface area (Å²) in [6.07, 6.45) is 1.23. The van der Waals surface area contributed by atoms with Crippen molar-refractivity contribution in [1.29, 1.82) is 0 Å². The molecule has 3 aromatic carbocycles. The molecule has 2 aliphatic rings. The van der Waals surface area contributed by atoms with Crippen molar-refractivity contribution in [1.82, 2.24) is 14.8 Å². The van der Waals surface area contributed by atoms with Crippen LogP contribution in [-0.4, -0.2) is 14.8 Å². The standard InChI is InChI=1S/C25H18Cl2N4O/c1-14-2-4-15(5-3-14)23-21-22(30-25-28-13-29-31(23)25)19-12-18(27)10-11-20(19)32-24(21)16-6-8-17(26)9-7-16/h2-13,23-24H,1H3,(H,28,29,30)/t23-,24-/m1/s1. The zero-order chi connectivity index (χ0) is 21.8. The fourth-order valence-electron chi connectivity index (χ4n) is 4.42. The van der Waals surface area contributed by atoms with Crippen molar-refractivity contribution >= 4 is 34.8 Å². The fraction of sp³-hybridized carbons (Fsp3) is 0.120. The molecule has 4 aromatic rings. The van der Waals surface area contributed by atoms with Crippen LogP contribution in [0.3, 0.4) is 0 Å². The summed E-state index contributed by atoms with van der Waals surface area (Å²) in [5, 5.41) is 9.36. The van der Waals surface area contributed by atoms with E-state index < -0.39 is 0 Å². The molecule has 1 N–H and O–H groups in total. The predicted octanol–water partition coefficient (Wildman–Crippen LogP) is 6.45. The first-order chi connectivity index (χ1) is 15.6. The summed E-state index contributed by atoms with van der Waals surface area (Å²) in [5.41, 5.74) is 6.20. The third kappa shape index (κ3) is 3.08. The summed E-state index contributed by atoms with van der Waals surface area (Å²) in [6.45, 7) is 2.08. The molecule has 0 radical (unpaired) electrons. The molecule has 7 heteroatoms. The van der Waals surface area contributed by atoms with E-state index in [0.717, 1.165) is 33.7 Å². The lowest BCUT2D eigenvalue weighted by molar-refractivity contribution is 0.223. The van der Waals surface area contributed by atoms with Crippen LogP contribution < -0.4 is 10.1 Å². The van der Waals surface area contributed by atoms with Crippen molar-refractivity contribution in [3.05, 3.63) is 111 Å². The highest BCUT2D eigenvalue weighted by Gasteiger charge is 2.40. The fourth-order valence-corrected chi connectivity index (χ4v) is 4.72. The minimum atomic E-state index is -0.341. The van der Waals surface area contributed by atoms with Crippen LogP contribution in [0.15, 0.2) is 78.6 Å². The van der Waals surface area contributed by atoms with E-state index in [1.54, 1.807) is 6.33 Å². The van der Waals surface area contributed by atoms with Crippen molar-refractivity contribution in [2.24, 2.45) is 0 Å². The molecule has 5 nitrogen and oxygen atoms in total. The lowest BCUT2D eigenvalue weighted by atomic mass is 9.84. The maximum atomic E-state index is 6.59. The number of rotatable bonds is 2. The van der Waals surface area contributed by atoms with E-state index >= 15 is 0 Å². The minimum absolute atomic E-state index is 0.197. The predicted molar refractivity (Wildman–Crippen MR) is 126 cm³/mol. The number of anilines is 1. The van der Waals surface area contributed by atoms with Gasteiger partial charge in [-0.3, -0.25) is 0 Å². The van der Waals surface area contributed by atoms with E-state index in [0.29, 0.717) is 16.0 Å². The van der Waals surface area contributed by atoms with Crippen LogP contribution in [0, 0.1) is 6.92 Å². The van der Waals surface area contributed by atoms with E-state index in [4.69, 9.17) is 27.9 Å².